The molecule has 0 bridgehead atoms. The number of hydrogen-bond acceptors (Lipinski definition) is 3. The van der Waals surface area contributed by atoms with Crippen molar-refractivity contribution in [1.29, 1.82) is 0 Å². The normalized spacial score (nSPS) is 26.2. The van der Waals surface area contributed by atoms with E-state index in [0.717, 1.165) is 45.1 Å². The van der Waals surface area contributed by atoms with Crippen LogP contribution in [-0.2, 0) is 11.3 Å². The van der Waals surface area contributed by atoms with E-state index in [9.17, 15) is 4.79 Å². The molecule has 0 spiro atoms. The Bertz CT molecular complexity index is 458. The van der Waals surface area contributed by atoms with Crippen LogP contribution in [0, 0.1) is 5.92 Å². The second kappa shape index (κ2) is 5.92. The Morgan fingerprint density at radius 1 is 1.25 bits per heavy atom. The van der Waals surface area contributed by atoms with Crippen LogP contribution < -0.4 is 5.73 Å². The van der Waals surface area contributed by atoms with Crippen LogP contribution in [-0.4, -0.2) is 27.9 Å². The van der Waals surface area contributed by atoms with Crippen molar-refractivity contribution in [3.63, 3.8) is 0 Å². The molecule has 20 heavy (non-hydrogen) atoms. The van der Waals surface area contributed by atoms with Crippen molar-refractivity contribution in [2.75, 3.05) is 0 Å². The number of carbonyl (C=O) groups excluding carboxylic acids is 1. The molecular formula is C16H23N3O. The van der Waals surface area contributed by atoms with Crippen LogP contribution in [0.5, 0.6) is 0 Å². The summed E-state index contributed by atoms with van der Waals surface area (Å²) in [4.78, 5) is 18.9. The molecule has 0 saturated heterocycles. The highest BCUT2D eigenvalue weighted by atomic mass is 16.2. The molecular weight excluding hydrogens is 250 g/mol. The Balaban J connectivity index is 1.68. The van der Waals surface area contributed by atoms with Gasteiger partial charge in [0, 0.05) is 36.9 Å². The van der Waals surface area contributed by atoms with E-state index in [1.54, 1.807) is 12.4 Å². The highest BCUT2D eigenvalue weighted by Crippen LogP contribution is 2.33. The average molecular weight is 273 g/mol. The van der Waals surface area contributed by atoms with Gasteiger partial charge in [0.1, 0.15) is 0 Å². The van der Waals surface area contributed by atoms with Gasteiger partial charge in [-0.2, -0.15) is 0 Å². The van der Waals surface area contributed by atoms with Gasteiger partial charge in [0.25, 0.3) is 0 Å². The van der Waals surface area contributed by atoms with E-state index >= 15 is 0 Å². The van der Waals surface area contributed by atoms with Crippen molar-refractivity contribution in [3.8, 4) is 0 Å². The van der Waals surface area contributed by atoms with Crippen LogP contribution in [0.1, 0.15) is 44.1 Å². The monoisotopic (exact) mass is 273 g/mol. The van der Waals surface area contributed by atoms with Crippen molar-refractivity contribution in [2.45, 2.75) is 57.2 Å². The van der Waals surface area contributed by atoms with Crippen molar-refractivity contribution in [1.82, 2.24) is 9.88 Å². The maximum Gasteiger partial charge on any atom is 0.226 e. The molecule has 4 heteroatoms. The molecule has 2 fully saturated rings. The van der Waals surface area contributed by atoms with Crippen LogP contribution >= 0.6 is 0 Å². The molecule has 3 rings (SSSR count). The topological polar surface area (TPSA) is 59.2 Å². The van der Waals surface area contributed by atoms with E-state index in [-0.39, 0.29) is 12.0 Å². The summed E-state index contributed by atoms with van der Waals surface area (Å²) in [6.45, 7) is 0.720. The second-order valence-corrected chi connectivity index (χ2v) is 6.18. The zero-order chi connectivity index (χ0) is 13.9. The third-order valence-electron chi connectivity index (χ3n) is 4.44. The SMILES string of the molecule is NC1CCCC(C(=O)N(Cc2ccncc2)C2CC2)C1. The maximum absolute atomic E-state index is 12.8. The summed E-state index contributed by atoms with van der Waals surface area (Å²) in [5, 5.41) is 0. The summed E-state index contributed by atoms with van der Waals surface area (Å²) in [7, 11) is 0. The maximum atomic E-state index is 12.8. The van der Waals surface area contributed by atoms with Gasteiger partial charge in [0.05, 0.1) is 0 Å². The fourth-order valence-electron chi connectivity index (χ4n) is 3.14. The zero-order valence-electron chi connectivity index (χ0n) is 11.9. The molecule has 0 aliphatic heterocycles. The van der Waals surface area contributed by atoms with E-state index in [2.05, 4.69) is 9.88 Å². The van der Waals surface area contributed by atoms with Crippen LogP contribution in [0.2, 0.25) is 0 Å². The fraction of sp³-hybridized carbons (Fsp3) is 0.625. The van der Waals surface area contributed by atoms with E-state index in [1.165, 1.54) is 5.56 Å². The number of rotatable bonds is 4. The minimum Gasteiger partial charge on any atom is -0.335 e. The summed E-state index contributed by atoms with van der Waals surface area (Å²) in [5.41, 5.74) is 7.20. The lowest BCUT2D eigenvalue weighted by Gasteiger charge is -2.31. The summed E-state index contributed by atoms with van der Waals surface area (Å²) in [6, 6.07) is 4.65. The lowest BCUT2D eigenvalue weighted by atomic mass is 9.85. The van der Waals surface area contributed by atoms with Crippen molar-refractivity contribution < 1.29 is 4.79 Å². The lowest BCUT2D eigenvalue weighted by molar-refractivity contribution is -0.138. The zero-order valence-corrected chi connectivity index (χ0v) is 11.9. The first-order valence-electron chi connectivity index (χ1n) is 7.69. The summed E-state index contributed by atoms with van der Waals surface area (Å²) >= 11 is 0. The minimum atomic E-state index is 0.140. The molecule has 1 heterocycles. The Morgan fingerprint density at radius 3 is 2.65 bits per heavy atom. The number of carbonyl (C=O) groups is 1. The second-order valence-electron chi connectivity index (χ2n) is 6.18. The van der Waals surface area contributed by atoms with Gasteiger partial charge >= 0.3 is 0 Å². The molecule has 2 saturated carbocycles. The third kappa shape index (κ3) is 3.18. The average Bonchev–Trinajstić information content (AvgIpc) is 3.30. The molecule has 2 atom stereocenters. The summed E-state index contributed by atoms with van der Waals surface area (Å²) in [6.07, 6.45) is 9.90. The number of aromatic nitrogens is 1. The first-order chi connectivity index (χ1) is 9.74. The molecule has 2 unspecified atom stereocenters. The van der Waals surface area contributed by atoms with Crippen LogP contribution in [0.25, 0.3) is 0 Å². The molecule has 0 aromatic carbocycles. The predicted octanol–water partition coefficient (Wildman–Crippen LogP) is 2.09. The van der Waals surface area contributed by atoms with E-state index in [4.69, 9.17) is 5.73 Å². The minimum absolute atomic E-state index is 0.140. The third-order valence-corrected chi connectivity index (χ3v) is 4.44. The van der Waals surface area contributed by atoms with Gasteiger partial charge in [0.2, 0.25) is 5.91 Å². The number of amides is 1. The Morgan fingerprint density at radius 2 is 2.00 bits per heavy atom. The van der Waals surface area contributed by atoms with Gasteiger partial charge in [-0.1, -0.05) is 6.42 Å². The smallest absolute Gasteiger partial charge is 0.226 e. The van der Waals surface area contributed by atoms with Crippen molar-refractivity contribution >= 4 is 5.91 Å². The molecule has 1 amide bonds. The summed E-state index contributed by atoms with van der Waals surface area (Å²) < 4.78 is 0. The standard InChI is InChI=1S/C16H23N3O/c17-14-3-1-2-13(10-14)16(20)19(15-4-5-15)11-12-6-8-18-9-7-12/h6-9,13-15H,1-5,10-11,17H2. The largest absolute Gasteiger partial charge is 0.335 e. The Kier molecular flexibility index (Phi) is 4.01. The van der Waals surface area contributed by atoms with Crippen LogP contribution in [0.4, 0.5) is 0 Å². The van der Waals surface area contributed by atoms with E-state index < -0.39 is 0 Å². The molecule has 108 valence electrons. The van der Waals surface area contributed by atoms with Crippen molar-refractivity contribution in [3.05, 3.63) is 30.1 Å². The van der Waals surface area contributed by atoms with Gasteiger partial charge in [-0.15, -0.1) is 0 Å². The Hall–Kier alpha value is -1.42. The Labute approximate surface area is 120 Å². The number of nitrogens with two attached hydrogens (primary N) is 1. The lowest BCUT2D eigenvalue weighted by Crippen LogP contribution is -2.41. The molecule has 2 N–H and O–H groups in total. The first-order valence-corrected chi connectivity index (χ1v) is 7.69. The van der Waals surface area contributed by atoms with Crippen LogP contribution in [0.15, 0.2) is 24.5 Å². The van der Waals surface area contributed by atoms with E-state index in [1.807, 2.05) is 12.1 Å². The molecule has 2 aliphatic carbocycles. The molecule has 2 aliphatic rings. The summed E-state index contributed by atoms with van der Waals surface area (Å²) in [5.74, 6) is 0.459. The van der Waals surface area contributed by atoms with Crippen LogP contribution in [0.3, 0.4) is 0 Å². The van der Waals surface area contributed by atoms with Gasteiger partial charge < -0.3 is 10.6 Å². The van der Waals surface area contributed by atoms with Gasteiger partial charge in [-0.25, -0.2) is 0 Å². The highest BCUT2D eigenvalue weighted by molar-refractivity contribution is 5.79. The van der Waals surface area contributed by atoms with Crippen molar-refractivity contribution in [2.24, 2.45) is 11.7 Å². The highest BCUT2D eigenvalue weighted by Gasteiger charge is 2.37. The predicted molar refractivity (Wildman–Crippen MR) is 77.7 cm³/mol. The molecule has 1 aromatic heterocycles. The number of nitrogens with zero attached hydrogens (tertiary/aromatic N) is 2. The van der Waals surface area contributed by atoms with Gasteiger partial charge in [-0.05, 0) is 49.8 Å². The van der Waals surface area contributed by atoms with E-state index in [0.29, 0.717) is 11.9 Å². The van der Waals surface area contributed by atoms with Gasteiger partial charge in [0.15, 0.2) is 0 Å². The molecule has 0 radical (unpaired) electrons. The first kappa shape index (κ1) is 13.6. The molecule has 4 nitrogen and oxygen atoms in total. The number of hydrogen-bond donors (Lipinski definition) is 1. The fourth-order valence-corrected chi connectivity index (χ4v) is 3.14. The molecule has 1 aromatic rings. The van der Waals surface area contributed by atoms with Gasteiger partial charge in [-0.3, -0.25) is 9.78 Å². The number of pyridine rings is 1. The quantitative estimate of drug-likeness (QED) is 0.914.